The molecule has 0 spiro atoms. The molecule has 0 aliphatic heterocycles. The molecule has 5 heteroatoms. The maximum Gasteiger partial charge on any atom is 0.149 e. The summed E-state index contributed by atoms with van der Waals surface area (Å²) in [6.45, 7) is 2.65. The van der Waals surface area contributed by atoms with Crippen LogP contribution in [0.3, 0.4) is 0 Å². The third-order valence-electron chi connectivity index (χ3n) is 2.65. The van der Waals surface area contributed by atoms with E-state index in [0.29, 0.717) is 12.6 Å². The highest BCUT2D eigenvalue weighted by Crippen LogP contribution is 2.16. The van der Waals surface area contributed by atoms with E-state index in [1.165, 1.54) is 11.8 Å². The van der Waals surface area contributed by atoms with E-state index in [1.54, 1.807) is 0 Å². The topological polar surface area (TPSA) is 51.1 Å². The summed E-state index contributed by atoms with van der Waals surface area (Å²) < 4.78 is 24.0. The first kappa shape index (κ1) is 13.3. The SMILES string of the molecule is CCC(NC)c1ccn(CCS(C)(=O)=O)c1. The number of nitrogens with zero attached hydrogens (tertiary/aromatic N) is 1. The van der Waals surface area contributed by atoms with Gasteiger partial charge in [0.05, 0.1) is 5.75 Å². The summed E-state index contributed by atoms with van der Waals surface area (Å²) in [5.74, 6) is 0.192. The van der Waals surface area contributed by atoms with Crippen LogP contribution < -0.4 is 5.32 Å². The lowest BCUT2D eigenvalue weighted by molar-refractivity contribution is 0.574. The number of hydrogen-bond acceptors (Lipinski definition) is 3. The fourth-order valence-corrected chi connectivity index (χ4v) is 2.22. The lowest BCUT2D eigenvalue weighted by Crippen LogP contribution is -2.14. The minimum absolute atomic E-state index is 0.192. The first-order chi connectivity index (χ1) is 7.46. The van der Waals surface area contributed by atoms with Crippen molar-refractivity contribution in [2.75, 3.05) is 19.1 Å². The smallest absolute Gasteiger partial charge is 0.149 e. The Morgan fingerprint density at radius 1 is 1.50 bits per heavy atom. The van der Waals surface area contributed by atoms with Crippen LogP contribution in [0.15, 0.2) is 18.5 Å². The number of nitrogens with one attached hydrogen (secondary N) is 1. The third kappa shape index (κ3) is 3.98. The predicted octanol–water partition coefficient (Wildman–Crippen LogP) is 1.20. The van der Waals surface area contributed by atoms with Gasteiger partial charge in [-0.3, -0.25) is 0 Å². The molecular formula is C11H20N2O2S. The molecule has 0 bridgehead atoms. The Balaban J connectivity index is 2.64. The third-order valence-corrected chi connectivity index (χ3v) is 3.58. The molecule has 1 aromatic rings. The average Bonchev–Trinajstić information content (AvgIpc) is 2.65. The molecule has 4 nitrogen and oxygen atoms in total. The number of aromatic nitrogens is 1. The molecule has 0 saturated carbocycles. The highest BCUT2D eigenvalue weighted by Gasteiger charge is 2.08. The van der Waals surface area contributed by atoms with E-state index in [9.17, 15) is 8.42 Å². The Bertz CT molecular complexity index is 419. The molecule has 0 radical (unpaired) electrons. The second kappa shape index (κ2) is 5.50. The molecule has 1 N–H and O–H groups in total. The van der Waals surface area contributed by atoms with Crippen molar-refractivity contribution in [1.82, 2.24) is 9.88 Å². The summed E-state index contributed by atoms with van der Waals surface area (Å²) in [6, 6.07) is 2.38. The van der Waals surface area contributed by atoms with Crippen LogP contribution in [0.5, 0.6) is 0 Å². The largest absolute Gasteiger partial charge is 0.353 e. The van der Waals surface area contributed by atoms with Gasteiger partial charge in [-0.15, -0.1) is 0 Å². The van der Waals surface area contributed by atoms with Crippen LogP contribution >= 0.6 is 0 Å². The molecule has 0 saturated heterocycles. The Hall–Kier alpha value is -0.810. The predicted molar refractivity (Wildman–Crippen MR) is 66.2 cm³/mol. The van der Waals surface area contributed by atoms with Crippen molar-refractivity contribution >= 4 is 9.84 Å². The summed E-state index contributed by atoms with van der Waals surface area (Å²) in [7, 11) is -0.948. The molecule has 1 atom stereocenters. The van der Waals surface area contributed by atoms with Gasteiger partial charge >= 0.3 is 0 Å². The number of hydrogen-bond donors (Lipinski definition) is 1. The van der Waals surface area contributed by atoms with E-state index in [-0.39, 0.29) is 5.75 Å². The van der Waals surface area contributed by atoms with Gasteiger partial charge in [-0.1, -0.05) is 6.92 Å². The van der Waals surface area contributed by atoms with E-state index in [4.69, 9.17) is 0 Å². The minimum atomic E-state index is -2.88. The zero-order valence-electron chi connectivity index (χ0n) is 10.1. The fraction of sp³-hybridized carbons (Fsp3) is 0.636. The monoisotopic (exact) mass is 244 g/mol. The van der Waals surface area contributed by atoms with Crippen LogP contribution in [0.25, 0.3) is 0 Å². The van der Waals surface area contributed by atoms with E-state index in [2.05, 4.69) is 12.2 Å². The average molecular weight is 244 g/mol. The van der Waals surface area contributed by atoms with E-state index in [0.717, 1.165) is 6.42 Å². The van der Waals surface area contributed by atoms with Crippen LogP contribution in [0.2, 0.25) is 0 Å². The Morgan fingerprint density at radius 3 is 2.69 bits per heavy atom. The molecular weight excluding hydrogens is 224 g/mol. The van der Waals surface area contributed by atoms with Gasteiger partial charge in [0.15, 0.2) is 0 Å². The Labute approximate surface area is 97.6 Å². The van der Waals surface area contributed by atoms with Crippen LogP contribution in [-0.4, -0.2) is 32.0 Å². The van der Waals surface area contributed by atoms with Crippen molar-refractivity contribution in [2.24, 2.45) is 0 Å². The molecule has 16 heavy (non-hydrogen) atoms. The van der Waals surface area contributed by atoms with E-state index >= 15 is 0 Å². The Kier molecular flexibility index (Phi) is 4.56. The van der Waals surface area contributed by atoms with E-state index in [1.807, 2.05) is 30.1 Å². The van der Waals surface area contributed by atoms with Gasteiger partial charge in [-0.25, -0.2) is 8.42 Å². The molecule has 1 aromatic heterocycles. The Morgan fingerprint density at radius 2 is 2.19 bits per heavy atom. The highest BCUT2D eigenvalue weighted by molar-refractivity contribution is 7.90. The summed E-state index contributed by atoms with van der Waals surface area (Å²) in [5.41, 5.74) is 1.21. The number of sulfone groups is 1. The maximum absolute atomic E-state index is 11.0. The van der Waals surface area contributed by atoms with Gasteiger partial charge in [-0.2, -0.15) is 0 Å². The van der Waals surface area contributed by atoms with Crippen LogP contribution in [-0.2, 0) is 16.4 Å². The van der Waals surface area contributed by atoms with Crippen molar-refractivity contribution in [2.45, 2.75) is 25.9 Å². The number of rotatable bonds is 6. The van der Waals surface area contributed by atoms with Crippen molar-refractivity contribution in [1.29, 1.82) is 0 Å². The summed E-state index contributed by atoms with van der Waals surface area (Å²) in [4.78, 5) is 0. The van der Waals surface area contributed by atoms with Crippen molar-refractivity contribution in [3.63, 3.8) is 0 Å². The number of aryl methyl sites for hydroxylation is 1. The fourth-order valence-electron chi connectivity index (χ4n) is 1.68. The first-order valence-corrected chi connectivity index (χ1v) is 7.53. The molecule has 0 aliphatic rings. The van der Waals surface area contributed by atoms with Crippen LogP contribution in [0.4, 0.5) is 0 Å². The second-order valence-corrected chi connectivity index (χ2v) is 6.32. The van der Waals surface area contributed by atoms with Gasteiger partial charge in [0, 0.05) is 31.2 Å². The summed E-state index contributed by atoms with van der Waals surface area (Å²) in [6.07, 6.45) is 6.23. The molecule has 1 rings (SSSR count). The molecule has 1 heterocycles. The van der Waals surface area contributed by atoms with Gasteiger partial charge in [0.1, 0.15) is 9.84 Å². The minimum Gasteiger partial charge on any atom is -0.353 e. The van der Waals surface area contributed by atoms with Crippen molar-refractivity contribution in [3.8, 4) is 0 Å². The lowest BCUT2D eigenvalue weighted by Gasteiger charge is -2.11. The maximum atomic E-state index is 11.0. The van der Waals surface area contributed by atoms with Gasteiger partial charge in [-0.05, 0) is 25.1 Å². The van der Waals surface area contributed by atoms with Gasteiger partial charge in [0.2, 0.25) is 0 Å². The highest BCUT2D eigenvalue weighted by atomic mass is 32.2. The zero-order valence-corrected chi connectivity index (χ0v) is 10.9. The second-order valence-electron chi connectivity index (χ2n) is 4.06. The van der Waals surface area contributed by atoms with Crippen LogP contribution in [0.1, 0.15) is 24.9 Å². The van der Waals surface area contributed by atoms with Gasteiger partial charge < -0.3 is 9.88 Å². The lowest BCUT2D eigenvalue weighted by atomic mass is 10.1. The molecule has 0 aliphatic carbocycles. The molecule has 0 aromatic carbocycles. The molecule has 1 unspecified atom stereocenters. The molecule has 0 amide bonds. The van der Waals surface area contributed by atoms with Crippen molar-refractivity contribution < 1.29 is 8.42 Å². The van der Waals surface area contributed by atoms with Gasteiger partial charge in [0.25, 0.3) is 0 Å². The summed E-state index contributed by atoms with van der Waals surface area (Å²) in [5, 5.41) is 3.22. The molecule has 0 fully saturated rings. The normalized spacial score (nSPS) is 13.9. The quantitative estimate of drug-likeness (QED) is 0.818. The molecule has 92 valence electrons. The zero-order chi connectivity index (χ0) is 12.2. The van der Waals surface area contributed by atoms with Crippen molar-refractivity contribution in [3.05, 3.63) is 24.0 Å². The first-order valence-electron chi connectivity index (χ1n) is 5.47. The standard InChI is InChI=1S/C11H20N2O2S/c1-4-11(12-2)10-5-6-13(9-10)7-8-16(3,14)15/h5-6,9,11-12H,4,7-8H2,1-3H3. The summed E-state index contributed by atoms with van der Waals surface area (Å²) >= 11 is 0. The van der Waals surface area contributed by atoms with Crippen LogP contribution in [0, 0.1) is 0 Å². The van der Waals surface area contributed by atoms with E-state index < -0.39 is 9.84 Å².